The first kappa shape index (κ1) is 11.9. The molecule has 0 bridgehead atoms. The molecule has 5 nitrogen and oxygen atoms in total. The zero-order valence-corrected chi connectivity index (χ0v) is 12.0. The van der Waals surface area contributed by atoms with Crippen LogP contribution in [0.25, 0.3) is 27.8 Å². The minimum Gasteiger partial charge on any atom is -0.346 e. The molecule has 22 heavy (non-hydrogen) atoms. The molecule has 0 saturated heterocycles. The highest BCUT2D eigenvalue weighted by Gasteiger charge is 2.21. The monoisotopic (exact) mass is 289 g/mol. The Morgan fingerprint density at radius 2 is 2.14 bits per heavy atom. The Hall–Kier alpha value is -2.69. The van der Waals surface area contributed by atoms with E-state index in [0.717, 1.165) is 27.8 Å². The van der Waals surface area contributed by atoms with Crippen LogP contribution in [0.4, 0.5) is 0 Å². The number of hydrogen-bond acceptors (Lipinski definition) is 3. The Morgan fingerprint density at radius 1 is 1.18 bits per heavy atom. The Kier molecular flexibility index (Phi) is 2.38. The zero-order valence-electron chi connectivity index (χ0n) is 12.0. The fraction of sp³-hybridized carbons (Fsp3) is 0.235. The summed E-state index contributed by atoms with van der Waals surface area (Å²) in [6.45, 7) is 0. The normalized spacial score (nSPS) is 15.5. The van der Waals surface area contributed by atoms with E-state index >= 15 is 0 Å². The molecule has 0 aliphatic heterocycles. The highest BCUT2D eigenvalue weighted by atomic mass is 15.3. The first-order chi connectivity index (χ1) is 10.9. The van der Waals surface area contributed by atoms with Crippen LogP contribution in [0.3, 0.4) is 0 Å². The second kappa shape index (κ2) is 4.40. The molecule has 1 aliphatic carbocycles. The molecule has 5 rings (SSSR count). The summed E-state index contributed by atoms with van der Waals surface area (Å²) in [7, 11) is 0. The van der Waals surface area contributed by atoms with Gasteiger partial charge in [0, 0.05) is 35.0 Å². The molecular formula is C17H15N5. The SMILES string of the molecule is c1nc2cc(-c3c[nH]c4nc(C5CCC5)ccc34)ccn2n1. The number of H-pyrrole nitrogens is 1. The van der Waals surface area contributed by atoms with Gasteiger partial charge in [-0.05, 0) is 42.7 Å². The predicted molar refractivity (Wildman–Crippen MR) is 84.7 cm³/mol. The molecule has 108 valence electrons. The summed E-state index contributed by atoms with van der Waals surface area (Å²) in [6, 6.07) is 8.48. The summed E-state index contributed by atoms with van der Waals surface area (Å²) < 4.78 is 1.77. The van der Waals surface area contributed by atoms with E-state index in [1.165, 1.54) is 25.0 Å². The zero-order chi connectivity index (χ0) is 14.5. The van der Waals surface area contributed by atoms with Gasteiger partial charge in [-0.3, -0.25) is 0 Å². The third-order valence-corrected chi connectivity index (χ3v) is 4.68. The molecular weight excluding hydrogens is 274 g/mol. The number of aromatic amines is 1. The molecule has 1 fully saturated rings. The predicted octanol–water partition coefficient (Wildman–Crippen LogP) is 3.54. The van der Waals surface area contributed by atoms with Gasteiger partial charge < -0.3 is 4.98 Å². The Bertz CT molecular complexity index is 977. The summed E-state index contributed by atoms with van der Waals surface area (Å²) in [4.78, 5) is 12.4. The smallest absolute Gasteiger partial charge is 0.155 e. The first-order valence-electron chi connectivity index (χ1n) is 7.66. The highest BCUT2D eigenvalue weighted by molar-refractivity contribution is 5.94. The van der Waals surface area contributed by atoms with Gasteiger partial charge in [-0.2, -0.15) is 5.10 Å². The van der Waals surface area contributed by atoms with E-state index in [1.54, 1.807) is 10.8 Å². The van der Waals surface area contributed by atoms with Crippen LogP contribution in [0.5, 0.6) is 0 Å². The van der Waals surface area contributed by atoms with Crippen LogP contribution in [-0.4, -0.2) is 24.6 Å². The number of nitrogens with one attached hydrogen (secondary N) is 1. The van der Waals surface area contributed by atoms with Gasteiger partial charge in [0.2, 0.25) is 0 Å². The van der Waals surface area contributed by atoms with Crippen LogP contribution < -0.4 is 0 Å². The third-order valence-electron chi connectivity index (χ3n) is 4.68. The lowest BCUT2D eigenvalue weighted by molar-refractivity contribution is 0.412. The Labute approximate surface area is 127 Å². The molecule has 0 atom stereocenters. The molecule has 1 N–H and O–H groups in total. The van der Waals surface area contributed by atoms with Crippen molar-refractivity contribution in [1.82, 2.24) is 24.6 Å². The van der Waals surface area contributed by atoms with Gasteiger partial charge in [0.15, 0.2) is 5.65 Å². The van der Waals surface area contributed by atoms with Crippen molar-refractivity contribution in [2.75, 3.05) is 0 Å². The van der Waals surface area contributed by atoms with Gasteiger partial charge in [0.25, 0.3) is 0 Å². The van der Waals surface area contributed by atoms with Gasteiger partial charge in [-0.15, -0.1) is 0 Å². The summed E-state index contributed by atoms with van der Waals surface area (Å²) in [6.07, 6.45) is 9.42. The fourth-order valence-electron chi connectivity index (χ4n) is 3.17. The second-order valence-corrected chi connectivity index (χ2v) is 5.94. The van der Waals surface area contributed by atoms with Gasteiger partial charge in [-0.1, -0.05) is 6.42 Å². The summed E-state index contributed by atoms with van der Waals surface area (Å²) in [5.41, 5.74) is 5.34. The standard InChI is InChI=1S/C17H15N5/c1-2-11(3-1)15-5-4-13-14(9-18-17(13)21-15)12-6-7-22-16(8-12)19-10-20-22/h4-11H,1-3H2,(H,18,21). The maximum atomic E-state index is 4.81. The van der Waals surface area contributed by atoms with E-state index in [0.29, 0.717) is 5.92 Å². The van der Waals surface area contributed by atoms with Crippen molar-refractivity contribution in [2.24, 2.45) is 0 Å². The lowest BCUT2D eigenvalue weighted by Crippen LogP contribution is -2.10. The molecule has 5 heteroatoms. The van der Waals surface area contributed by atoms with Crippen molar-refractivity contribution >= 4 is 16.7 Å². The van der Waals surface area contributed by atoms with Gasteiger partial charge in [-0.25, -0.2) is 14.5 Å². The maximum absolute atomic E-state index is 4.81. The van der Waals surface area contributed by atoms with Crippen LogP contribution in [0.2, 0.25) is 0 Å². The number of aromatic nitrogens is 5. The minimum absolute atomic E-state index is 0.656. The van der Waals surface area contributed by atoms with Crippen LogP contribution in [0.1, 0.15) is 30.9 Å². The molecule has 4 heterocycles. The molecule has 0 spiro atoms. The van der Waals surface area contributed by atoms with Crippen molar-refractivity contribution in [3.63, 3.8) is 0 Å². The van der Waals surface area contributed by atoms with Gasteiger partial charge in [0.1, 0.15) is 12.0 Å². The van der Waals surface area contributed by atoms with E-state index in [9.17, 15) is 0 Å². The summed E-state index contributed by atoms with van der Waals surface area (Å²) >= 11 is 0. The molecule has 0 amide bonds. The number of nitrogens with zero attached hydrogens (tertiary/aromatic N) is 4. The van der Waals surface area contributed by atoms with Crippen LogP contribution in [0.15, 0.2) is 43.0 Å². The van der Waals surface area contributed by atoms with Crippen LogP contribution >= 0.6 is 0 Å². The van der Waals surface area contributed by atoms with Crippen molar-refractivity contribution in [3.05, 3.63) is 48.7 Å². The minimum atomic E-state index is 0.656. The second-order valence-electron chi connectivity index (χ2n) is 5.94. The molecule has 1 saturated carbocycles. The summed E-state index contributed by atoms with van der Waals surface area (Å²) in [5, 5.41) is 5.29. The number of fused-ring (bicyclic) bond motifs is 2. The quantitative estimate of drug-likeness (QED) is 0.614. The van der Waals surface area contributed by atoms with E-state index in [1.807, 2.05) is 12.4 Å². The maximum Gasteiger partial charge on any atom is 0.155 e. The van der Waals surface area contributed by atoms with Crippen LogP contribution in [0, 0.1) is 0 Å². The average Bonchev–Trinajstić information content (AvgIpc) is 3.10. The largest absolute Gasteiger partial charge is 0.346 e. The number of hydrogen-bond donors (Lipinski definition) is 1. The highest BCUT2D eigenvalue weighted by Crippen LogP contribution is 2.37. The fourth-order valence-corrected chi connectivity index (χ4v) is 3.17. The van der Waals surface area contributed by atoms with Crippen molar-refractivity contribution in [2.45, 2.75) is 25.2 Å². The lowest BCUT2D eigenvalue weighted by Gasteiger charge is -2.24. The Balaban J connectivity index is 1.64. The topological polar surface area (TPSA) is 58.9 Å². The number of rotatable bonds is 2. The first-order valence-corrected chi connectivity index (χ1v) is 7.66. The van der Waals surface area contributed by atoms with Crippen molar-refractivity contribution in [3.8, 4) is 11.1 Å². The van der Waals surface area contributed by atoms with E-state index < -0.39 is 0 Å². The van der Waals surface area contributed by atoms with Gasteiger partial charge >= 0.3 is 0 Å². The summed E-state index contributed by atoms with van der Waals surface area (Å²) in [5.74, 6) is 0.656. The molecule has 4 aromatic rings. The van der Waals surface area contributed by atoms with E-state index in [-0.39, 0.29) is 0 Å². The van der Waals surface area contributed by atoms with Crippen molar-refractivity contribution in [1.29, 1.82) is 0 Å². The average molecular weight is 289 g/mol. The molecule has 4 aromatic heterocycles. The van der Waals surface area contributed by atoms with Crippen molar-refractivity contribution < 1.29 is 0 Å². The molecule has 0 aromatic carbocycles. The lowest BCUT2D eigenvalue weighted by atomic mass is 9.82. The van der Waals surface area contributed by atoms with E-state index in [4.69, 9.17) is 4.98 Å². The Morgan fingerprint density at radius 3 is 3.00 bits per heavy atom. The van der Waals surface area contributed by atoms with E-state index in [2.05, 4.69) is 39.3 Å². The molecule has 1 aliphatic rings. The van der Waals surface area contributed by atoms with Gasteiger partial charge in [0.05, 0.1) is 0 Å². The molecule has 0 radical (unpaired) electrons. The third kappa shape index (κ3) is 1.68. The van der Waals surface area contributed by atoms with Crippen LogP contribution in [-0.2, 0) is 0 Å². The molecule has 0 unspecified atom stereocenters. The number of pyridine rings is 2.